The van der Waals surface area contributed by atoms with Crippen LogP contribution in [-0.2, 0) is 0 Å². The molecule has 0 saturated heterocycles. The highest BCUT2D eigenvalue weighted by molar-refractivity contribution is 6.32. The van der Waals surface area contributed by atoms with Crippen LogP contribution in [0.15, 0.2) is 17.7 Å². The Labute approximate surface area is 117 Å². The second-order valence-electron chi connectivity index (χ2n) is 5.26. The van der Waals surface area contributed by atoms with Crippen molar-refractivity contribution >= 4 is 17.7 Å². The molecule has 1 N–H and O–H groups in total. The van der Waals surface area contributed by atoms with Crippen molar-refractivity contribution in [3.05, 3.63) is 28.3 Å². The number of fused-ring (bicyclic) bond motifs is 1. The quantitative estimate of drug-likeness (QED) is 0.854. The van der Waals surface area contributed by atoms with Crippen molar-refractivity contribution in [2.75, 3.05) is 6.79 Å². The Morgan fingerprint density at radius 1 is 1.32 bits per heavy atom. The van der Waals surface area contributed by atoms with E-state index in [0.29, 0.717) is 16.7 Å². The van der Waals surface area contributed by atoms with E-state index >= 15 is 0 Å². The molecule has 1 aliphatic heterocycles. The Morgan fingerprint density at radius 3 is 2.84 bits per heavy atom. The fraction of sp³-hybridized carbons (Fsp3) is 0.467. The lowest BCUT2D eigenvalue weighted by Crippen LogP contribution is -2.24. The molecule has 3 rings (SSSR count). The summed E-state index contributed by atoms with van der Waals surface area (Å²) in [7, 11) is 0. The van der Waals surface area contributed by atoms with Crippen molar-refractivity contribution in [2.45, 2.75) is 32.3 Å². The molecule has 0 bridgehead atoms. The van der Waals surface area contributed by atoms with E-state index in [2.05, 4.69) is 6.92 Å². The molecule has 2 unspecified atom stereocenters. The van der Waals surface area contributed by atoms with Crippen LogP contribution in [0.4, 0.5) is 0 Å². The van der Waals surface area contributed by atoms with Crippen LogP contribution in [0.5, 0.6) is 11.5 Å². The maximum atomic E-state index is 10.2. The molecule has 0 radical (unpaired) electrons. The normalized spacial score (nSPS) is 27.8. The molecular formula is C15H17ClO3. The van der Waals surface area contributed by atoms with E-state index in [0.717, 1.165) is 36.1 Å². The van der Waals surface area contributed by atoms with Gasteiger partial charge >= 0.3 is 0 Å². The van der Waals surface area contributed by atoms with Crippen LogP contribution in [-0.4, -0.2) is 18.0 Å². The van der Waals surface area contributed by atoms with Crippen molar-refractivity contribution in [3.63, 3.8) is 0 Å². The van der Waals surface area contributed by atoms with Crippen LogP contribution >= 0.6 is 11.6 Å². The predicted molar refractivity (Wildman–Crippen MR) is 74.6 cm³/mol. The maximum Gasteiger partial charge on any atom is 0.231 e. The Bertz CT molecular complexity index is 524. The third kappa shape index (κ3) is 2.45. The van der Waals surface area contributed by atoms with Gasteiger partial charge in [-0.1, -0.05) is 24.6 Å². The third-order valence-electron chi connectivity index (χ3n) is 3.88. The summed E-state index contributed by atoms with van der Waals surface area (Å²) < 4.78 is 10.6. The van der Waals surface area contributed by atoms with Crippen LogP contribution in [0.3, 0.4) is 0 Å². The molecule has 2 aliphatic rings. The number of aliphatic hydroxyl groups is 1. The molecule has 2 atom stereocenters. The molecule has 1 fully saturated rings. The van der Waals surface area contributed by atoms with Gasteiger partial charge in [0.1, 0.15) is 0 Å². The summed E-state index contributed by atoms with van der Waals surface area (Å²) in [6, 6.07) is 3.65. The van der Waals surface area contributed by atoms with Gasteiger partial charge < -0.3 is 14.6 Å². The number of halogens is 1. The molecule has 4 heteroatoms. The number of ether oxygens (including phenoxy) is 2. The van der Waals surface area contributed by atoms with Gasteiger partial charge in [-0.05, 0) is 42.4 Å². The standard InChI is InChI=1S/C15H17ClO3/c1-9-3-2-4-10(15(9)17)5-11-6-13-14(7-12(11)16)19-8-18-13/h5-7,9,15,17H,2-4,8H2,1H3/b10-5+. The molecule has 1 heterocycles. The van der Waals surface area contributed by atoms with Crippen LogP contribution < -0.4 is 9.47 Å². The van der Waals surface area contributed by atoms with Gasteiger partial charge in [-0.15, -0.1) is 0 Å². The fourth-order valence-electron chi connectivity index (χ4n) is 2.70. The Morgan fingerprint density at radius 2 is 2.05 bits per heavy atom. The summed E-state index contributed by atoms with van der Waals surface area (Å²) in [5.74, 6) is 1.71. The summed E-state index contributed by atoms with van der Waals surface area (Å²) in [6.45, 7) is 2.32. The molecule has 1 saturated carbocycles. The van der Waals surface area contributed by atoms with Gasteiger partial charge in [0.05, 0.1) is 11.1 Å². The molecule has 102 valence electrons. The number of hydrogen-bond acceptors (Lipinski definition) is 3. The molecule has 19 heavy (non-hydrogen) atoms. The topological polar surface area (TPSA) is 38.7 Å². The minimum absolute atomic E-state index is 0.241. The lowest BCUT2D eigenvalue weighted by Gasteiger charge is -2.27. The monoisotopic (exact) mass is 280 g/mol. The first-order chi connectivity index (χ1) is 9.15. The van der Waals surface area contributed by atoms with Crippen molar-refractivity contribution in [3.8, 4) is 11.5 Å². The second kappa shape index (κ2) is 5.06. The minimum Gasteiger partial charge on any atom is -0.454 e. The SMILES string of the molecule is CC1CCC/C(=C\c2cc3c(cc2Cl)OCO3)C1O. The lowest BCUT2D eigenvalue weighted by molar-refractivity contribution is 0.126. The highest BCUT2D eigenvalue weighted by atomic mass is 35.5. The summed E-state index contributed by atoms with van der Waals surface area (Å²) in [5, 5.41) is 10.8. The highest BCUT2D eigenvalue weighted by Crippen LogP contribution is 2.39. The van der Waals surface area contributed by atoms with E-state index in [9.17, 15) is 5.11 Å². The summed E-state index contributed by atoms with van der Waals surface area (Å²) in [4.78, 5) is 0. The molecule has 0 spiro atoms. The fourth-order valence-corrected chi connectivity index (χ4v) is 2.91. The van der Waals surface area contributed by atoms with E-state index < -0.39 is 0 Å². The van der Waals surface area contributed by atoms with Crippen molar-refractivity contribution in [1.82, 2.24) is 0 Å². The smallest absolute Gasteiger partial charge is 0.231 e. The average molecular weight is 281 g/mol. The van der Waals surface area contributed by atoms with Crippen molar-refractivity contribution in [1.29, 1.82) is 0 Å². The zero-order valence-corrected chi connectivity index (χ0v) is 11.6. The molecule has 0 aromatic heterocycles. The number of aliphatic hydroxyl groups excluding tert-OH is 1. The van der Waals surface area contributed by atoms with Gasteiger partial charge in [0, 0.05) is 6.07 Å². The Balaban J connectivity index is 1.94. The molecule has 1 aromatic rings. The van der Waals surface area contributed by atoms with Gasteiger partial charge in [0.2, 0.25) is 6.79 Å². The number of rotatable bonds is 1. The number of benzene rings is 1. The predicted octanol–water partition coefficient (Wildman–Crippen LogP) is 3.63. The molecule has 1 aliphatic carbocycles. The van der Waals surface area contributed by atoms with Crippen molar-refractivity contribution < 1.29 is 14.6 Å². The largest absolute Gasteiger partial charge is 0.454 e. The molecule has 0 amide bonds. The molecule has 3 nitrogen and oxygen atoms in total. The van der Waals surface area contributed by atoms with Gasteiger partial charge in [-0.3, -0.25) is 0 Å². The first-order valence-corrected chi connectivity index (χ1v) is 7.00. The van der Waals surface area contributed by atoms with Crippen LogP contribution in [0.2, 0.25) is 5.02 Å². The van der Waals surface area contributed by atoms with E-state index in [4.69, 9.17) is 21.1 Å². The highest BCUT2D eigenvalue weighted by Gasteiger charge is 2.24. The first-order valence-electron chi connectivity index (χ1n) is 6.63. The Kier molecular flexibility index (Phi) is 3.42. The average Bonchev–Trinajstić information content (AvgIpc) is 2.82. The van der Waals surface area contributed by atoms with E-state index in [-0.39, 0.29) is 12.9 Å². The van der Waals surface area contributed by atoms with Crippen LogP contribution in [0.1, 0.15) is 31.7 Å². The molecular weight excluding hydrogens is 264 g/mol. The van der Waals surface area contributed by atoms with Gasteiger partial charge in [-0.25, -0.2) is 0 Å². The van der Waals surface area contributed by atoms with E-state index in [1.165, 1.54) is 0 Å². The van der Waals surface area contributed by atoms with Crippen LogP contribution in [0, 0.1) is 5.92 Å². The van der Waals surface area contributed by atoms with Crippen molar-refractivity contribution in [2.24, 2.45) is 5.92 Å². The van der Waals surface area contributed by atoms with E-state index in [1.807, 2.05) is 12.1 Å². The van der Waals surface area contributed by atoms with Gasteiger partial charge in [0.25, 0.3) is 0 Å². The molecule has 1 aromatic carbocycles. The second-order valence-corrected chi connectivity index (χ2v) is 5.67. The van der Waals surface area contributed by atoms with Crippen LogP contribution in [0.25, 0.3) is 6.08 Å². The zero-order chi connectivity index (χ0) is 13.4. The summed E-state index contributed by atoms with van der Waals surface area (Å²) >= 11 is 6.25. The summed E-state index contributed by atoms with van der Waals surface area (Å²) in [5.41, 5.74) is 1.94. The maximum absolute atomic E-state index is 10.2. The van der Waals surface area contributed by atoms with Gasteiger partial charge in [-0.2, -0.15) is 0 Å². The van der Waals surface area contributed by atoms with Gasteiger partial charge in [0.15, 0.2) is 11.5 Å². The summed E-state index contributed by atoms with van der Waals surface area (Å²) in [6.07, 6.45) is 4.75. The lowest BCUT2D eigenvalue weighted by atomic mass is 9.83. The zero-order valence-electron chi connectivity index (χ0n) is 10.9. The minimum atomic E-state index is -0.366. The third-order valence-corrected chi connectivity index (χ3v) is 4.20. The number of hydrogen-bond donors (Lipinski definition) is 1. The first kappa shape index (κ1) is 12.8. The Hall–Kier alpha value is -1.19. The van der Waals surface area contributed by atoms with E-state index in [1.54, 1.807) is 6.07 Å².